The minimum absolute atomic E-state index is 0.0171. The fourth-order valence-electron chi connectivity index (χ4n) is 9.49. The van der Waals surface area contributed by atoms with Crippen molar-refractivity contribution < 1.29 is 71.6 Å². The second kappa shape index (κ2) is 26.9. The van der Waals surface area contributed by atoms with E-state index in [4.69, 9.17) is 23.9 Å². The van der Waals surface area contributed by atoms with Gasteiger partial charge in [-0.25, -0.2) is 14.2 Å². The molecule has 3 aliphatic heterocycles. The van der Waals surface area contributed by atoms with Crippen LogP contribution in [-0.2, 0) is 93.9 Å². The minimum atomic E-state index is -2.07. The molecule has 80 heavy (non-hydrogen) atoms. The lowest BCUT2D eigenvalue weighted by molar-refractivity contribution is -0.172. The Kier molecular flexibility index (Phi) is 20.1. The SMILES string of the molecule is CC[C@@]1(O)C(=O)OCc2c1cc1n(c2=O)Cc2c-1nc1cc(F)c(C)cc1c2CN(Cc1ccccc1)C(=O)COCNC(=O)[C@H](C)CC(=O)[C@@H](C)NC(=O)[C@H](C)CC(=O)CCOCCOCCNC(=O)CCN1C(=O)C=CC1=O. The van der Waals surface area contributed by atoms with Crippen molar-refractivity contribution in [2.75, 3.05) is 52.9 Å². The van der Waals surface area contributed by atoms with Gasteiger partial charge in [0, 0.05) is 98.4 Å². The standard InChI is InChI=1S/C57H66FN7O15/c1-6-57(76)43-25-46-52-41(29-65(46)55(74)42(43)30-80-56(57)75)40(39-23-33(2)44(58)26-45(39)62-52)28-63(27-37-10-8-7-9-11-37)51(71)31-79-32-60-53(72)35(4)24-47(67)36(5)61-54(73)34(3)22-38(66)15-18-77-20-21-78-19-16-59-48(68)14-17-64-49(69)12-13-50(64)70/h7-13,23,25-26,34-36,76H,6,14-22,24,27-32H2,1-5H3,(H,59,68)(H,60,72)(H,61,73)/t34-,35-,36-,57+/m1/s1. The molecule has 0 unspecified atom stereocenters. The molecule has 0 aliphatic carbocycles. The number of benzene rings is 2. The molecule has 4 aromatic rings. The number of aryl methyl sites for hydroxylation is 1. The van der Waals surface area contributed by atoms with E-state index in [0.717, 1.165) is 22.6 Å². The number of amides is 6. The van der Waals surface area contributed by atoms with Crippen LogP contribution >= 0.6 is 0 Å². The van der Waals surface area contributed by atoms with Crippen LogP contribution in [0.3, 0.4) is 0 Å². The van der Waals surface area contributed by atoms with Crippen molar-refractivity contribution in [1.82, 2.24) is 35.3 Å². The van der Waals surface area contributed by atoms with Gasteiger partial charge < -0.3 is 49.5 Å². The smallest absolute Gasteiger partial charge is 0.343 e. The predicted molar refractivity (Wildman–Crippen MR) is 284 cm³/mol. The Hall–Kier alpha value is -7.86. The van der Waals surface area contributed by atoms with Crippen LogP contribution in [0.2, 0.25) is 0 Å². The van der Waals surface area contributed by atoms with E-state index >= 15 is 4.39 Å². The maximum absolute atomic E-state index is 15.2. The number of pyridine rings is 2. The van der Waals surface area contributed by atoms with E-state index in [2.05, 4.69) is 16.0 Å². The molecule has 426 valence electrons. The number of rotatable bonds is 29. The summed E-state index contributed by atoms with van der Waals surface area (Å²) < 4.78 is 38.5. The van der Waals surface area contributed by atoms with Gasteiger partial charge in [-0.1, -0.05) is 51.1 Å². The number of aromatic nitrogens is 2. The molecule has 0 saturated carbocycles. The van der Waals surface area contributed by atoms with Crippen molar-refractivity contribution in [2.24, 2.45) is 11.8 Å². The average molecular weight is 1110 g/mol. The number of Topliss-reactive ketones (excluding diaryl/α,β-unsaturated/α-hetero) is 2. The Morgan fingerprint density at radius 3 is 2.26 bits per heavy atom. The summed E-state index contributed by atoms with van der Waals surface area (Å²) in [5, 5.41) is 19.8. The first kappa shape index (κ1) is 59.8. The Morgan fingerprint density at radius 2 is 1.55 bits per heavy atom. The molecule has 3 aliphatic rings. The zero-order valence-corrected chi connectivity index (χ0v) is 45.4. The normalized spacial score (nSPS) is 16.3. The van der Waals surface area contributed by atoms with Crippen molar-refractivity contribution in [3.63, 3.8) is 0 Å². The fraction of sp³-hybridized carbons (Fsp3) is 0.456. The summed E-state index contributed by atoms with van der Waals surface area (Å²) >= 11 is 0. The Morgan fingerprint density at radius 1 is 0.850 bits per heavy atom. The summed E-state index contributed by atoms with van der Waals surface area (Å²) in [5.74, 6) is -6.44. The molecule has 0 spiro atoms. The van der Waals surface area contributed by atoms with Crippen LogP contribution in [0.1, 0.15) is 93.2 Å². The first-order chi connectivity index (χ1) is 38.2. The van der Waals surface area contributed by atoms with Crippen LogP contribution in [0.5, 0.6) is 0 Å². The molecule has 5 heterocycles. The van der Waals surface area contributed by atoms with Crippen molar-refractivity contribution in [1.29, 1.82) is 0 Å². The molecule has 4 N–H and O–H groups in total. The van der Waals surface area contributed by atoms with Gasteiger partial charge in [0.15, 0.2) is 11.4 Å². The maximum atomic E-state index is 15.2. The molecule has 2 aromatic carbocycles. The molecule has 23 heteroatoms. The number of carbonyl (C=O) groups excluding carboxylic acids is 9. The molecule has 0 bridgehead atoms. The van der Waals surface area contributed by atoms with E-state index in [0.29, 0.717) is 33.5 Å². The molecule has 7 rings (SSSR count). The highest BCUT2D eigenvalue weighted by Gasteiger charge is 2.46. The molecule has 0 fully saturated rings. The summed E-state index contributed by atoms with van der Waals surface area (Å²) in [6, 6.07) is 12.7. The van der Waals surface area contributed by atoms with Crippen molar-refractivity contribution in [2.45, 2.75) is 105 Å². The van der Waals surface area contributed by atoms with Crippen LogP contribution in [0.15, 0.2) is 65.5 Å². The maximum Gasteiger partial charge on any atom is 0.343 e. The lowest BCUT2D eigenvalue weighted by Crippen LogP contribution is -2.44. The molecule has 4 atom stereocenters. The molecule has 22 nitrogen and oxygen atoms in total. The first-order valence-corrected chi connectivity index (χ1v) is 26.5. The number of fused-ring (bicyclic) bond motifs is 5. The second-order valence-corrected chi connectivity index (χ2v) is 20.1. The molecule has 0 radical (unpaired) electrons. The number of cyclic esters (lactones) is 1. The molecule has 6 amide bonds. The van der Waals surface area contributed by atoms with E-state index in [1.54, 1.807) is 32.9 Å². The second-order valence-electron chi connectivity index (χ2n) is 20.1. The van der Waals surface area contributed by atoms with Gasteiger partial charge in [0.1, 0.15) is 31.5 Å². The van der Waals surface area contributed by atoms with E-state index in [9.17, 15) is 53.1 Å². The van der Waals surface area contributed by atoms with Crippen LogP contribution < -0.4 is 21.5 Å². The van der Waals surface area contributed by atoms with Gasteiger partial charge in [-0.2, -0.15) is 0 Å². The minimum Gasteiger partial charge on any atom is -0.458 e. The number of imide groups is 1. The Labute approximate surface area is 460 Å². The van der Waals surface area contributed by atoms with E-state index in [-0.39, 0.29) is 133 Å². The van der Waals surface area contributed by atoms with Crippen LogP contribution in [0.25, 0.3) is 22.3 Å². The van der Waals surface area contributed by atoms with E-state index in [1.807, 2.05) is 30.3 Å². The molecule has 0 saturated heterocycles. The highest BCUT2D eigenvalue weighted by Crippen LogP contribution is 2.41. The van der Waals surface area contributed by atoms with Gasteiger partial charge in [0.2, 0.25) is 23.6 Å². The number of carbonyl (C=O) groups is 9. The number of nitrogens with zero attached hydrogens (tertiary/aromatic N) is 4. The third-order valence-electron chi connectivity index (χ3n) is 14.3. The lowest BCUT2D eigenvalue weighted by atomic mass is 9.86. The number of aliphatic hydroxyl groups is 1. The fourth-order valence-corrected chi connectivity index (χ4v) is 9.49. The van der Waals surface area contributed by atoms with Gasteiger partial charge in [0.25, 0.3) is 17.4 Å². The van der Waals surface area contributed by atoms with E-state index < -0.39 is 82.8 Å². The first-order valence-electron chi connectivity index (χ1n) is 26.5. The largest absolute Gasteiger partial charge is 0.458 e. The Balaban J connectivity index is 0.856. The summed E-state index contributed by atoms with van der Waals surface area (Å²) in [6.45, 7) is 7.53. The predicted octanol–water partition coefficient (Wildman–Crippen LogP) is 2.70. The Bertz CT molecular complexity index is 3150. The molecular formula is C57H66FN7O15. The van der Waals surface area contributed by atoms with Gasteiger partial charge in [-0.15, -0.1) is 0 Å². The summed E-state index contributed by atoms with van der Waals surface area (Å²) in [5.41, 5.74) is 0.871. The third kappa shape index (κ3) is 14.3. The topological polar surface area (TPSA) is 288 Å². The zero-order chi connectivity index (χ0) is 57.8. The third-order valence-corrected chi connectivity index (χ3v) is 14.3. The molecule has 2 aromatic heterocycles. The highest BCUT2D eigenvalue weighted by atomic mass is 19.1. The average Bonchev–Trinajstić information content (AvgIpc) is 4.16. The monoisotopic (exact) mass is 1110 g/mol. The zero-order valence-electron chi connectivity index (χ0n) is 45.4. The highest BCUT2D eigenvalue weighted by molar-refractivity contribution is 6.13. The molecular weight excluding hydrogens is 1040 g/mol. The summed E-state index contributed by atoms with van der Waals surface area (Å²) in [4.78, 5) is 135. The number of halogens is 1. The van der Waals surface area contributed by atoms with Crippen molar-refractivity contribution in [3.8, 4) is 11.4 Å². The van der Waals surface area contributed by atoms with Gasteiger partial charge in [0.05, 0.1) is 61.5 Å². The van der Waals surface area contributed by atoms with Gasteiger partial charge in [-0.05, 0) is 49.1 Å². The number of hydrogen-bond acceptors (Lipinski definition) is 16. The number of nitrogens with one attached hydrogen (secondary N) is 3. The number of esters is 1. The van der Waals surface area contributed by atoms with Crippen molar-refractivity contribution in [3.05, 3.63) is 110 Å². The number of hydrogen-bond donors (Lipinski definition) is 4. The summed E-state index contributed by atoms with van der Waals surface area (Å²) in [7, 11) is 0. The number of ether oxygens (including phenoxy) is 4. The van der Waals surface area contributed by atoms with Crippen LogP contribution in [-0.4, -0.2) is 136 Å². The van der Waals surface area contributed by atoms with E-state index in [1.165, 1.54) is 29.4 Å². The van der Waals surface area contributed by atoms with Crippen LogP contribution in [0.4, 0.5) is 4.39 Å². The number of ketones is 2. The van der Waals surface area contributed by atoms with Crippen LogP contribution in [0, 0.1) is 24.6 Å². The van der Waals surface area contributed by atoms with Crippen molar-refractivity contribution >= 4 is 63.9 Å². The lowest BCUT2D eigenvalue weighted by Gasteiger charge is -2.31. The van der Waals surface area contributed by atoms with Gasteiger partial charge >= 0.3 is 5.97 Å². The summed E-state index contributed by atoms with van der Waals surface area (Å²) in [6.07, 6.45) is 1.92. The quantitative estimate of drug-likeness (QED) is 0.0232. The van der Waals surface area contributed by atoms with Gasteiger partial charge in [-0.3, -0.25) is 48.1 Å².